The Morgan fingerprint density at radius 1 is 1.05 bits per heavy atom. The third-order valence-electron chi connectivity index (χ3n) is 2.94. The Hall–Kier alpha value is -3.46. The van der Waals surface area contributed by atoms with Crippen molar-refractivity contribution in [3.63, 3.8) is 0 Å². The van der Waals surface area contributed by atoms with Gasteiger partial charge in [-0.1, -0.05) is 23.3 Å². The molecule has 1 N–H and O–H groups in total. The first-order valence-corrected chi connectivity index (χ1v) is 6.47. The third-order valence-corrected chi connectivity index (χ3v) is 2.94. The molecule has 2 aromatic carbocycles. The molecular weight excluding hydrogens is 280 g/mol. The van der Waals surface area contributed by atoms with Gasteiger partial charge in [-0.05, 0) is 36.4 Å². The number of hydrogen-bond acceptors (Lipinski definition) is 5. The number of benzene rings is 2. The van der Waals surface area contributed by atoms with Crippen LogP contribution in [-0.2, 0) is 0 Å². The van der Waals surface area contributed by atoms with Crippen LogP contribution in [0.3, 0.4) is 0 Å². The van der Waals surface area contributed by atoms with Crippen LogP contribution >= 0.6 is 0 Å². The summed E-state index contributed by atoms with van der Waals surface area (Å²) in [6, 6.07) is 17.5. The zero-order valence-electron chi connectivity index (χ0n) is 11.4. The molecule has 0 bridgehead atoms. The first-order chi connectivity index (χ1) is 10.8. The van der Waals surface area contributed by atoms with Gasteiger partial charge in [0.2, 0.25) is 5.89 Å². The van der Waals surface area contributed by atoms with E-state index in [0.29, 0.717) is 17.0 Å². The average Bonchev–Trinajstić information content (AvgIpc) is 3.04. The van der Waals surface area contributed by atoms with E-state index in [1.807, 2.05) is 36.4 Å². The Morgan fingerprint density at radius 2 is 1.77 bits per heavy atom. The van der Waals surface area contributed by atoms with E-state index in [4.69, 9.17) is 9.68 Å². The van der Waals surface area contributed by atoms with Crippen molar-refractivity contribution in [1.82, 2.24) is 10.2 Å². The normalized spacial score (nSPS) is 9.95. The van der Waals surface area contributed by atoms with Gasteiger partial charge in [0.15, 0.2) is 0 Å². The van der Waals surface area contributed by atoms with Crippen LogP contribution in [-0.4, -0.2) is 16.1 Å². The van der Waals surface area contributed by atoms with E-state index in [2.05, 4.69) is 15.5 Å². The van der Waals surface area contributed by atoms with Crippen molar-refractivity contribution in [1.29, 1.82) is 5.26 Å². The van der Waals surface area contributed by atoms with Crippen LogP contribution in [0.25, 0.3) is 11.5 Å². The van der Waals surface area contributed by atoms with Gasteiger partial charge < -0.3 is 4.42 Å². The number of anilines is 1. The largest absolute Gasteiger partial charge is 0.403 e. The first kappa shape index (κ1) is 13.5. The van der Waals surface area contributed by atoms with Crippen molar-refractivity contribution in [3.8, 4) is 17.5 Å². The molecule has 106 valence electrons. The van der Waals surface area contributed by atoms with Crippen molar-refractivity contribution in [3.05, 3.63) is 65.7 Å². The molecule has 3 rings (SSSR count). The van der Waals surface area contributed by atoms with Gasteiger partial charge in [-0.3, -0.25) is 10.1 Å². The lowest BCUT2D eigenvalue weighted by atomic mass is 10.1. The Bertz CT molecular complexity index is 833. The fourth-order valence-corrected chi connectivity index (χ4v) is 1.84. The lowest BCUT2D eigenvalue weighted by molar-refractivity contribution is 0.102. The highest BCUT2D eigenvalue weighted by Gasteiger charge is 2.12. The number of rotatable bonds is 3. The monoisotopic (exact) mass is 290 g/mol. The fourth-order valence-electron chi connectivity index (χ4n) is 1.84. The van der Waals surface area contributed by atoms with Gasteiger partial charge >= 0.3 is 6.01 Å². The van der Waals surface area contributed by atoms with Gasteiger partial charge in [0.05, 0.1) is 11.6 Å². The van der Waals surface area contributed by atoms with E-state index in [1.54, 1.807) is 24.3 Å². The lowest BCUT2D eigenvalue weighted by Gasteiger charge is -2.00. The number of nitrogens with zero attached hydrogens (tertiary/aromatic N) is 3. The van der Waals surface area contributed by atoms with Crippen molar-refractivity contribution < 1.29 is 9.21 Å². The molecule has 6 nitrogen and oxygen atoms in total. The fraction of sp³-hybridized carbons (Fsp3) is 0. The van der Waals surface area contributed by atoms with Crippen LogP contribution < -0.4 is 5.32 Å². The molecule has 0 saturated carbocycles. The molecule has 0 aliphatic rings. The second kappa shape index (κ2) is 5.89. The van der Waals surface area contributed by atoms with Crippen LogP contribution in [0.4, 0.5) is 6.01 Å². The van der Waals surface area contributed by atoms with E-state index in [-0.39, 0.29) is 11.9 Å². The van der Waals surface area contributed by atoms with Crippen molar-refractivity contribution in [2.24, 2.45) is 0 Å². The second-order valence-electron chi connectivity index (χ2n) is 4.42. The molecule has 3 aromatic rings. The molecule has 0 unspecified atom stereocenters. The highest BCUT2D eigenvalue weighted by molar-refractivity contribution is 6.03. The molecule has 0 aliphatic heterocycles. The third kappa shape index (κ3) is 2.83. The number of amides is 1. The predicted octanol–water partition coefficient (Wildman–Crippen LogP) is 2.86. The van der Waals surface area contributed by atoms with Crippen molar-refractivity contribution >= 4 is 11.9 Å². The van der Waals surface area contributed by atoms with Gasteiger partial charge in [-0.25, -0.2) is 0 Å². The van der Waals surface area contributed by atoms with Crippen LogP contribution in [0, 0.1) is 11.3 Å². The molecule has 22 heavy (non-hydrogen) atoms. The van der Waals surface area contributed by atoms with Crippen molar-refractivity contribution in [2.75, 3.05) is 5.32 Å². The standard InChI is InChI=1S/C16H10N4O2/c17-10-11-6-8-12(9-7-11)14(21)18-16-20-19-15(22-16)13-4-2-1-3-5-13/h1-9H,(H,18,20,21). The molecule has 1 aromatic heterocycles. The first-order valence-electron chi connectivity index (χ1n) is 6.47. The highest BCUT2D eigenvalue weighted by Crippen LogP contribution is 2.19. The van der Waals surface area contributed by atoms with Crippen molar-refractivity contribution in [2.45, 2.75) is 0 Å². The number of carbonyl (C=O) groups excluding carboxylic acids is 1. The second-order valence-corrected chi connectivity index (χ2v) is 4.42. The summed E-state index contributed by atoms with van der Waals surface area (Å²) < 4.78 is 5.40. The van der Waals surface area contributed by atoms with E-state index in [9.17, 15) is 4.79 Å². The Morgan fingerprint density at radius 3 is 2.45 bits per heavy atom. The predicted molar refractivity (Wildman–Crippen MR) is 78.8 cm³/mol. The summed E-state index contributed by atoms with van der Waals surface area (Å²) in [7, 11) is 0. The molecule has 0 saturated heterocycles. The summed E-state index contributed by atoms with van der Waals surface area (Å²) >= 11 is 0. The quantitative estimate of drug-likeness (QED) is 0.800. The van der Waals surface area contributed by atoms with Crippen LogP contribution in [0.15, 0.2) is 59.0 Å². The Labute approximate surface area is 126 Å². The van der Waals surface area contributed by atoms with Gasteiger partial charge in [-0.2, -0.15) is 5.26 Å². The summed E-state index contributed by atoms with van der Waals surface area (Å²) in [5.74, 6) is -0.0523. The Kier molecular flexibility index (Phi) is 3.62. The molecule has 1 heterocycles. The van der Waals surface area contributed by atoms with Gasteiger partial charge in [0.25, 0.3) is 5.91 Å². The number of carbonyl (C=O) groups is 1. The van der Waals surface area contributed by atoms with Crippen LogP contribution in [0.5, 0.6) is 0 Å². The summed E-state index contributed by atoms with van der Waals surface area (Å²) in [5.41, 5.74) is 1.66. The number of nitriles is 1. The molecule has 6 heteroatoms. The summed E-state index contributed by atoms with van der Waals surface area (Å²) in [6.45, 7) is 0. The molecule has 0 radical (unpaired) electrons. The molecule has 0 spiro atoms. The average molecular weight is 290 g/mol. The van der Waals surface area contributed by atoms with E-state index < -0.39 is 0 Å². The topological polar surface area (TPSA) is 91.8 Å². The highest BCUT2D eigenvalue weighted by atomic mass is 16.4. The molecule has 1 amide bonds. The summed E-state index contributed by atoms with van der Waals surface area (Å²) in [4.78, 5) is 12.0. The summed E-state index contributed by atoms with van der Waals surface area (Å²) in [6.07, 6.45) is 0. The van der Waals surface area contributed by atoms with Gasteiger partial charge in [0.1, 0.15) is 0 Å². The van der Waals surface area contributed by atoms with E-state index in [1.165, 1.54) is 0 Å². The SMILES string of the molecule is N#Cc1ccc(C(=O)Nc2nnc(-c3ccccc3)o2)cc1. The minimum absolute atomic E-state index is 0.0215. The maximum Gasteiger partial charge on any atom is 0.322 e. The number of nitrogens with one attached hydrogen (secondary N) is 1. The summed E-state index contributed by atoms with van der Waals surface area (Å²) in [5, 5.41) is 18.9. The van der Waals surface area contributed by atoms with E-state index >= 15 is 0 Å². The molecule has 0 fully saturated rings. The van der Waals surface area contributed by atoms with Crippen LogP contribution in [0.1, 0.15) is 15.9 Å². The van der Waals surface area contributed by atoms with Gasteiger partial charge in [-0.15, -0.1) is 5.10 Å². The Balaban J connectivity index is 1.74. The van der Waals surface area contributed by atoms with Gasteiger partial charge in [0, 0.05) is 11.1 Å². The molecular formula is C16H10N4O2. The zero-order chi connectivity index (χ0) is 15.4. The lowest BCUT2D eigenvalue weighted by Crippen LogP contribution is -2.11. The smallest absolute Gasteiger partial charge is 0.322 e. The maximum absolute atomic E-state index is 12.0. The molecule has 0 aliphatic carbocycles. The minimum atomic E-state index is -0.382. The van der Waals surface area contributed by atoms with E-state index in [0.717, 1.165) is 5.56 Å². The number of aromatic nitrogens is 2. The number of hydrogen-bond donors (Lipinski definition) is 1. The van der Waals surface area contributed by atoms with Crippen LogP contribution in [0.2, 0.25) is 0 Å². The molecule has 0 atom stereocenters. The zero-order valence-corrected chi connectivity index (χ0v) is 11.4. The maximum atomic E-state index is 12.0. The minimum Gasteiger partial charge on any atom is -0.403 e.